The minimum atomic E-state index is 1.29. The zero-order valence-corrected chi connectivity index (χ0v) is 5.97. The lowest BCUT2D eigenvalue weighted by Gasteiger charge is -1.93. The predicted octanol–water partition coefficient (Wildman–Crippen LogP) is 3.10. The maximum atomic E-state index is 2.28. The molecule has 0 saturated carbocycles. The maximum absolute atomic E-state index is 2.28. The molecule has 0 amide bonds. The van der Waals surface area contributed by atoms with Crippen LogP contribution in [0.25, 0.3) is 0 Å². The molecular formula is C9H15. The van der Waals surface area contributed by atoms with E-state index in [9.17, 15) is 0 Å². The summed E-state index contributed by atoms with van der Waals surface area (Å²) in [5, 5.41) is 0. The first-order chi connectivity index (χ1) is 4.50. The van der Waals surface area contributed by atoms with Crippen LogP contribution in [-0.2, 0) is 0 Å². The van der Waals surface area contributed by atoms with Crippen molar-refractivity contribution in [2.45, 2.75) is 38.5 Å². The Balaban J connectivity index is 2.15. The summed E-state index contributed by atoms with van der Waals surface area (Å²) in [6, 6.07) is 0. The number of hydrogen-bond acceptors (Lipinski definition) is 0. The van der Waals surface area contributed by atoms with E-state index in [1.165, 1.54) is 38.5 Å². The molecule has 0 aliphatic heterocycles. The minimum absolute atomic E-state index is 1.29. The van der Waals surface area contributed by atoms with Crippen molar-refractivity contribution in [3.05, 3.63) is 18.6 Å². The molecule has 0 aromatic rings. The van der Waals surface area contributed by atoms with E-state index in [2.05, 4.69) is 18.6 Å². The first-order valence-corrected chi connectivity index (χ1v) is 3.98. The molecule has 0 heterocycles. The molecule has 0 fully saturated rings. The van der Waals surface area contributed by atoms with Crippen LogP contribution in [-0.4, -0.2) is 0 Å². The predicted molar refractivity (Wildman–Crippen MR) is 41.1 cm³/mol. The normalized spacial score (nSPS) is 25.8. The van der Waals surface area contributed by atoms with Gasteiger partial charge in [-0.05, 0) is 25.7 Å². The molecule has 1 aliphatic carbocycles. The molecule has 0 nitrogen and oxygen atoms in total. The van der Waals surface area contributed by atoms with E-state index < -0.39 is 0 Å². The Bertz CT molecular complexity index is 72.0. The third-order valence-electron chi connectivity index (χ3n) is 1.76. The Morgan fingerprint density at radius 3 is 2.44 bits per heavy atom. The van der Waals surface area contributed by atoms with Gasteiger partial charge in [0.2, 0.25) is 0 Å². The Kier molecular flexibility index (Phi) is 3.51. The fourth-order valence-corrected chi connectivity index (χ4v) is 1.17. The average molecular weight is 123 g/mol. The summed E-state index contributed by atoms with van der Waals surface area (Å²) in [6.07, 6.45) is 15.0. The monoisotopic (exact) mass is 123 g/mol. The van der Waals surface area contributed by atoms with Crippen LogP contribution in [0.1, 0.15) is 38.5 Å². The second kappa shape index (κ2) is 4.60. The highest BCUT2D eigenvalue weighted by Crippen LogP contribution is 2.10. The summed E-state index contributed by atoms with van der Waals surface area (Å²) < 4.78 is 0. The van der Waals surface area contributed by atoms with Crippen LogP contribution in [0.15, 0.2) is 12.2 Å². The molecule has 0 spiro atoms. The SMILES string of the molecule is [CH]1/C=C\CCCCCC1. The highest BCUT2D eigenvalue weighted by atomic mass is 14.0. The summed E-state index contributed by atoms with van der Waals surface area (Å²) in [6.45, 7) is 0. The smallest absolute Gasteiger partial charge is 0.0171 e. The molecule has 0 aromatic heterocycles. The van der Waals surface area contributed by atoms with Crippen molar-refractivity contribution >= 4 is 0 Å². The van der Waals surface area contributed by atoms with E-state index in [1.807, 2.05) is 0 Å². The second-order valence-corrected chi connectivity index (χ2v) is 2.66. The lowest BCUT2D eigenvalue weighted by Crippen LogP contribution is -1.74. The Hall–Kier alpha value is -0.260. The van der Waals surface area contributed by atoms with Gasteiger partial charge in [0, 0.05) is 0 Å². The maximum Gasteiger partial charge on any atom is -0.0171 e. The molecule has 0 unspecified atom stereocenters. The Labute approximate surface area is 58.0 Å². The van der Waals surface area contributed by atoms with Crippen molar-refractivity contribution in [3.8, 4) is 0 Å². The van der Waals surface area contributed by atoms with Crippen molar-refractivity contribution in [2.75, 3.05) is 0 Å². The molecule has 51 valence electrons. The molecule has 0 heteroatoms. The summed E-state index contributed by atoms with van der Waals surface area (Å²) in [7, 11) is 0. The van der Waals surface area contributed by atoms with Crippen molar-refractivity contribution in [1.29, 1.82) is 0 Å². The standard InChI is InChI=1S/C9H15/c1-2-4-6-8-9-7-5-3-1/h1-3H,4-9H2/b2-1-. The van der Waals surface area contributed by atoms with Crippen LogP contribution in [0.3, 0.4) is 0 Å². The van der Waals surface area contributed by atoms with Crippen molar-refractivity contribution < 1.29 is 0 Å². The summed E-state index contributed by atoms with van der Waals surface area (Å²) in [4.78, 5) is 0. The zero-order chi connectivity index (χ0) is 6.36. The van der Waals surface area contributed by atoms with Crippen LogP contribution in [0, 0.1) is 6.42 Å². The fourth-order valence-electron chi connectivity index (χ4n) is 1.17. The molecule has 0 atom stereocenters. The topological polar surface area (TPSA) is 0 Å². The third-order valence-corrected chi connectivity index (χ3v) is 1.76. The van der Waals surface area contributed by atoms with E-state index in [1.54, 1.807) is 0 Å². The van der Waals surface area contributed by atoms with Gasteiger partial charge in [-0.25, -0.2) is 0 Å². The van der Waals surface area contributed by atoms with Crippen molar-refractivity contribution in [1.82, 2.24) is 0 Å². The molecule has 9 heavy (non-hydrogen) atoms. The van der Waals surface area contributed by atoms with Gasteiger partial charge in [-0.3, -0.25) is 0 Å². The molecule has 0 N–H and O–H groups in total. The molecular weight excluding hydrogens is 108 g/mol. The lowest BCUT2D eigenvalue weighted by molar-refractivity contribution is 0.653. The number of rotatable bonds is 0. The Morgan fingerprint density at radius 2 is 1.56 bits per heavy atom. The molecule has 0 bridgehead atoms. The molecule has 1 rings (SSSR count). The first kappa shape index (κ1) is 6.85. The van der Waals surface area contributed by atoms with E-state index >= 15 is 0 Å². The van der Waals surface area contributed by atoms with Gasteiger partial charge in [-0.1, -0.05) is 31.4 Å². The third kappa shape index (κ3) is 3.34. The van der Waals surface area contributed by atoms with E-state index in [0.717, 1.165) is 0 Å². The molecule has 1 radical (unpaired) electrons. The van der Waals surface area contributed by atoms with Gasteiger partial charge in [0.15, 0.2) is 0 Å². The van der Waals surface area contributed by atoms with E-state index in [-0.39, 0.29) is 0 Å². The van der Waals surface area contributed by atoms with Gasteiger partial charge >= 0.3 is 0 Å². The fraction of sp³-hybridized carbons (Fsp3) is 0.667. The minimum Gasteiger partial charge on any atom is -0.0882 e. The quantitative estimate of drug-likeness (QED) is 0.464. The number of allylic oxidation sites excluding steroid dienone is 2. The highest BCUT2D eigenvalue weighted by molar-refractivity contribution is 4.94. The van der Waals surface area contributed by atoms with Crippen LogP contribution in [0.2, 0.25) is 0 Å². The summed E-state index contributed by atoms with van der Waals surface area (Å²) >= 11 is 0. The first-order valence-electron chi connectivity index (χ1n) is 3.98. The van der Waals surface area contributed by atoms with Crippen LogP contribution in [0.5, 0.6) is 0 Å². The highest BCUT2D eigenvalue weighted by Gasteiger charge is 1.91. The Morgan fingerprint density at radius 1 is 0.778 bits per heavy atom. The lowest BCUT2D eigenvalue weighted by atomic mass is 10.1. The largest absolute Gasteiger partial charge is 0.0882 e. The molecule has 1 aliphatic rings. The van der Waals surface area contributed by atoms with Gasteiger partial charge in [-0.15, -0.1) is 0 Å². The van der Waals surface area contributed by atoms with Crippen molar-refractivity contribution in [2.24, 2.45) is 0 Å². The van der Waals surface area contributed by atoms with Gasteiger partial charge in [0.1, 0.15) is 0 Å². The van der Waals surface area contributed by atoms with Crippen LogP contribution < -0.4 is 0 Å². The van der Waals surface area contributed by atoms with Gasteiger partial charge < -0.3 is 0 Å². The van der Waals surface area contributed by atoms with E-state index in [4.69, 9.17) is 0 Å². The van der Waals surface area contributed by atoms with Gasteiger partial charge in [-0.2, -0.15) is 0 Å². The number of hydrogen-bond donors (Lipinski definition) is 0. The zero-order valence-electron chi connectivity index (χ0n) is 5.97. The van der Waals surface area contributed by atoms with Crippen molar-refractivity contribution in [3.63, 3.8) is 0 Å². The summed E-state index contributed by atoms with van der Waals surface area (Å²) in [5.74, 6) is 0. The van der Waals surface area contributed by atoms with E-state index in [0.29, 0.717) is 0 Å². The van der Waals surface area contributed by atoms with Crippen LogP contribution >= 0.6 is 0 Å². The van der Waals surface area contributed by atoms with Crippen LogP contribution in [0.4, 0.5) is 0 Å². The van der Waals surface area contributed by atoms with Gasteiger partial charge in [0.05, 0.1) is 0 Å². The second-order valence-electron chi connectivity index (χ2n) is 2.66. The molecule has 0 aromatic carbocycles. The van der Waals surface area contributed by atoms with Gasteiger partial charge in [0.25, 0.3) is 0 Å². The average Bonchev–Trinajstić information content (AvgIpc) is 2.00. The summed E-state index contributed by atoms with van der Waals surface area (Å²) in [5.41, 5.74) is 0. The molecule has 0 saturated heterocycles.